The van der Waals surface area contributed by atoms with Crippen molar-refractivity contribution in [3.63, 3.8) is 0 Å². The molecule has 2 bridgehead atoms. The molecule has 1 aromatic rings. The molecule has 0 aliphatic carbocycles. The molecule has 0 amide bonds. The summed E-state index contributed by atoms with van der Waals surface area (Å²) in [4.78, 5) is 8.82. The van der Waals surface area contributed by atoms with Crippen LogP contribution in [0.3, 0.4) is 0 Å². The first-order valence-electron chi connectivity index (χ1n) is 6.57. The van der Waals surface area contributed by atoms with Gasteiger partial charge in [-0.05, 0) is 0 Å². The van der Waals surface area contributed by atoms with Crippen molar-refractivity contribution >= 4 is 0 Å². The van der Waals surface area contributed by atoms with Gasteiger partial charge in [-0.2, -0.15) is 18.2 Å². The summed E-state index contributed by atoms with van der Waals surface area (Å²) in [6.45, 7) is 3.77. The average Bonchev–Trinajstić information content (AvgIpc) is 2.87. The zero-order valence-corrected chi connectivity index (χ0v) is 10.9. The van der Waals surface area contributed by atoms with E-state index in [1.807, 2.05) is 0 Å². The van der Waals surface area contributed by atoms with Gasteiger partial charge in [-0.1, -0.05) is 5.16 Å². The van der Waals surface area contributed by atoms with Crippen LogP contribution in [0.25, 0.3) is 0 Å². The Morgan fingerprint density at radius 3 is 2.60 bits per heavy atom. The monoisotopic (exact) mass is 291 g/mol. The lowest BCUT2D eigenvalue weighted by Crippen LogP contribution is -2.57. The van der Waals surface area contributed by atoms with Crippen LogP contribution in [0.15, 0.2) is 4.52 Å². The lowest BCUT2D eigenvalue weighted by Gasteiger charge is -2.46. The molecule has 3 aliphatic heterocycles. The minimum atomic E-state index is -4.23. The summed E-state index contributed by atoms with van der Waals surface area (Å²) in [6.07, 6.45) is -4.23. The number of aromatic nitrogens is 2. The smallest absolute Gasteiger partial charge is 0.338 e. The third kappa shape index (κ3) is 3.10. The summed E-state index contributed by atoms with van der Waals surface area (Å²) < 4.78 is 41.0. The molecule has 3 saturated heterocycles. The topological polar surface area (TPSA) is 57.4 Å². The fraction of sp³-hybridized carbons (Fsp3) is 0.818. The van der Waals surface area contributed by atoms with E-state index in [0.29, 0.717) is 5.82 Å². The number of hydrogen-bond acceptors (Lipinski definition) is 6. The first-order valence-corrected chi connectivity index (χ1v) is 6.57. The number of hydrogen-bond donors (Lipinski definition) is 1. The van der Waals surface area contributed by atoms with Gasteiger partial charge in [-0.15, -0.1) is 0 Å². The number of piperazine rings is 3. The standard InChI is InChI=1S/C11H16F3N5O/c12-11(13,14)7-15-5-9-16-10(17-20-9)8-6-18-1-3-19(8)4-2-18/h8,15H,1-7H2. The molecule has 1 unspecified atom stereocenters. The highest BCUT2D eigenvalue weighted by Crippen LogP contribution is 2.26. The Morgan fingerprint density at radius 2 is 2.00 bits per heavy atom. The molecule has 4 rings (SSSR count). The number of rotatable bonds is 4. The van der Waals surface area contributed by atoms with E-state index in [1.165, 1.54) is 0 Å². The Hall–Kier alpha value is -1.19. The zero-order chi connectivity index (χ0) is 14.2. The van der Waals surface area contributed by atoms with E-state index in [9.17, 15) is 13.2 Å². The molecule has 6 nitrogen and oxygen atoms in total. The Morgan fingerprint density at radius 1 is 1.25 bits per heavy atom. The summed E-state index contributed by atoms with van der Waals surface area (Å²) in [7, 11) is 0. The molecule has 1 N–H and O–H groups in total. The van der Waals surface area contributed by atoms with Gasteiger partial charge in [0.05, 0.1) is 19.1 Å². The average molecular weight is 291 g/mol. The van der Waals surface area contributed by atoms with E-state index >= 15 is 0 Å². The van der Waals surface area contributed by atoms with Crippen LogP contribution in [0.1, 0.15) is 17.8 Å². The van der Waals surface area contributed by atoms with Crippen molar-refractivity contribution in [1.82, 2.24) is 25.3 Å². The molecule has 0 saturated carbocycles. The molecule has 3 aliphatic rings. The molecular weight excluding hydrogens is 275 g/mol. The van der Waals surface area contributed by atoms with Gasteiger partial charge in [0.25, 0.3) is 0 Å². The van der Waals surface area contributed by atoms with Crippen LogP contribution < -0.4 is 5.32 Å². The molecule has 1 aromatic heterocycles. The predicted molar refractivity (Wildman–Crippen MR) is 62.8 cm³/mol. The van der Waals surface area contributed by atoms with Crippen LogP contribution in [0.2, 0.25) is 0 Å². The van der Waals surface area contributed by atoms with Gasteiger partial charge in [0.1, 0.15) is 0 Å². The molecule has 4 heterocycles. The second kappa shape index (κ2) is 5.30. The zero-order valence-electron chi connectivity index (χ0n) is 10.9. The molecule has 0 spiro atoms. The molecule has 3 fully saturated rings. The van der Waals surface area contributed by atoms with Gasteiger partial charge in [-0.25, -0.2) is 0 Å². The minimum absolute atomic E-state index is 0.0665. The summed E-state index contributed by atoms with van der Waals surface area (Å²) >= 11 is 0. The van der Waals surface area contributed by atoms with Crippen LogP contribution in [0, 0.1) is 0 Å². The fourth-order valence-corrected chi connectivity index (χ4v) is 2.65. The Labute approximate surface area is 113 Å². The third-order valence-electron chi connectivity index (χ3n) is 3.66. The minimum Gasteiger partial charge on any atom is -0.338 e. The molecule has 0 aromatic carbocycles. The fourth-order valence-electron chi connectivity index (χ4n) is 2.65. The van der Waals surface area contributed by atoms with Gasteiger partial charge < -0.3 is 9.84 Å². The van der Waals surface area contributed by atoms with Gasteiger partial charge in [-0.3, -0.25) is 9.80 Å². The third-order valence-corrected chi connectivity index (χ3v) is 3.66. The maximum Gasteiger partial charge on any atom is 0.401 e. The van der Waals surface area contributed by atoms with Crippen molar-refractivity contribution in [2.75, 3.05) is 39.3 Å². The normalized spacial score (nSPS) is 29.9. The summed E-state index contributed by atoms with van der Waals surface area (Å²) in [5, 5.41) is 6.14. The second-order valence-electron chi connectivity index (χ2n) is 5.12. The summed E-state index contributed by atoms with van der Waals surface area (Å²) in [5.41, 5.74) is 0. The van der Waals surface area contributed by atoms with Crippen LogP contribution >= 0.6 is 0 Å². The van der Waals surface area contributed by atoms with E-state index < -0.39 is 12.7 Å². The first kappa shape index (κ1) is 13.8. The van der Waals surface area contributed by atoms with Gasteiger partial charge in [0, 0.05) is 32.7 Å². The molecule has 20 heavy (non-hydrogen) atoms. The lowest BCUT2D eigenvalue weighted by molar-refractivity contribution is -0.125. The van der Waals surface area contributed by atoms with Crippen molar-refractivity contribution < 1.29 is 17.7 Å². The molecule has 112 valence electrons. The highest BCUT2D eigenvalue weighted by molar-refractivity contribution is 5.01. The molecule has 1 atom stereocenters. The van der Waals surface area contributed by atoms with E-state index in [4.69, 9.17) is 4.52 Å². The Kier molecular flexibility index (Phi) is 3.65. The maximum atomic E-state index is 12.0. The number of nitrogens with one attached hydrogen (secondary N) is 1. The van der Waals surface area contributed by atoms with Gasteiger partial charge >= 0.3 is 6.18 Å². The van der Waals surface area contributed by atoms with E-state index in [1.54, 1.807) is 0 Å². The highest BCUT2D eigenvalue weighted by Gasteiger charge is 2.35. The number of nitrogens with zero attached hydrogens (tertiary/aromatic N) is 4. The van der Waals surface area contributed by atoms with Gasteiger partial charge in [0.2, 0.25) is 5.89 Å². The van der Waals surface area contributed by atoms with Crippen molar-refractivity contribution in [3.05, 3.63) is 11.7 Å². The highest BCUT2D eigenvalue weighted by atomic mass is 19.4. The predicted octanol–water partition coefficient (Wildman–Crippen LogP) is 0.394. The second-order valence-corrected chi connectivity index (χ2v) is 5.12. The Bertz CT molecular complexity index is 455. The van der Waals surface area contributed by atoms with Gasteiger partial charge in [0.15, 0.2) is 5.82 Å². The quantitative estimate of drug-likeness (QED) is 0.866. The Balaban J connectivity index is 1.57. The molecule has 0 radical (unpaired) electrons. The number of alkyl halides is 3. The maximum absolute atomic E-state index is 12.0. The van der Waals surface area contributed by atoms with Crippen molar-refractivity contribution in [2.45, 2.75) is 18.8 Å². The summed E-state index contributed by atoms with van der Waals surface area (Å²) in [5.74, 6) is 0.764. The largest absolute Gasteiger partial charge is 0.401 e. The van der Waals surface area contributed by atoms with E-state index in [0.717, 1.165) is 32.7 Å². The van der Waals surface area contributed by atoms with E-state index in [-0.39, 0.29) is 18.5 Å². The van der Waals surface area contributed by atoms with Crippen molar-refractivity contribution in [2.24, 2.45) is 0 Å². The SMILES string of the molecule is FC(F)(F)CNCc1nc(C2CN3CCN2CC3)no1. The summed E-state index contributed by atoms with van der Waals surface area (Å²) in [6, 6.07) is 0.0950. The number of fused-ring (bicyclic) bond motifs is 3. The molecule has 9 heteroatoms. The first-order chi connectivity index (χ1) is 9.51. The van der Waals surface area contributed by atoms with Crippen LogP contribution in [0.4, 0.5) is 13.2 Å². The van der Waals surface area contributed by atoms with E-state index in [2.05, 4.69) is 25.3 Å². The van der Waals surface area contributed by atoms with Crippen molar-refractivity contribution in [3.8, 4) is 0 Å². The van der Waals surface area contributed by atoms with Crippen LogP contribution in [-0.4, -0.2) is 65.4 Å². The molecular formula is C11H16F3N5O. The number of halogens is 3. The van der Waals surface area contributed by atoms with Crippen LogP contribution in [0.5, 0.6) is 0 Å². The van der Waals surface area contributed by atoms with Crippen molar-refractivity contribution in [1.29, 1.82) is 0 Å². The van der Waals surface area contributed by atoms with Crippen LogP contribution in [-0.2, 0) is 6.54 Å². The lowest BCUT2D eigenvalue weighted by atomic mass is 10.1.